The molecule has 0 saturated carbocycles. The van der Waals surface area contributed by atoms with Gasteiger partial charge < -0.3 is 15.0 Å². The van der Waals surface area contributed by atoms with Crippen molar-refractivity contribution in [3.8, 4) is 34.3 Å². The molecule has 0 aliphatic carbocycles. The molecule has 7 rings (SSSR count). The van der Waals surface area contributed by atoms with E-state index in [-0.39, 0.29) is 12.5 Å². The number of pyridine rings is 1. The number of piperazine rings is 1. The Bertz CT molecular complexity index is 1760. The number of benzene rings is 3. The molecule has 0 amide bonds. The molecule has 0 unspecified atom stereocenters. The molecule has 5 aromatic rings. The number of ether oxygens (including phenoxy) is 1. The number of fused-ring (bicyclic) bond motifs is 4. The van der Waals surface area contributed by atoms with Crippen molar-refractivity contribution < 1.29 is 9.53 Å². The molecule has 2 aliphatic heterocycles. The van der Waals surface area contributed by atoms with Gasteiger partial charge in [0.25, 0.3) is 5.91 Å². The van der Waals surface area contributed by atoms with Crippen LogP contribution < -0.4 is 15.0 Å². The van der Waals surface area contributed by atoms with Gasteiger partial charge in [-0.3, -0.25) is 9.36 Å². The number of nitrogens with one attached hydrogen (secondary N) is 1. The first-order valence-electron chi connectivity index (χ1n) is 13.1. The second kappa shape index (κ2) is 9.43. The molecule has 1 saturated heterocycles. The first-order valence-corrected chi connectivity index (χ1v) is 13.1. The van der Waals surface area contributed by atoms with Crippen LogP contribution in [-0.4, -0.2) is 41.6 Å². The van der Waals surface area contributed by atoms with Crippen molar-refractivity contribution in [2.75, 3.05) is 31.1 Å². The molecule has 0 atom stereocenters. The van der Waals surface area contributed by atoms with Crippen LogP contribution in [0.4, 0.5) is 5.69 Å². The Morgan fingerprint density at radius 2 is 1.72 bits per heavy atom. The van der Waals surface area contributed by atoms with E-state index in [1.807, 2.05) is 54.6 Å². The van der Waals surface area contributed by atoms with E-state index in [2.05, 4.69) is 40.6 Å². The summed E-state index contributed by atoms with van der Waals surface area (Å²) in [4.78, 5) is 20.6. The van der Waals surface area contributed by atoms with E-state index in [0.717, 1.165) is 54.3 Å². The molecule has 0 bridgehead atoms. The molecule has 190 valence electrons. The van der Waals surface area contributed by atoms with Gasteiger partial charge in [0.15, 0.2) is 0 Å². The minimum atomic E-state index is -0.168. The van der Waals surface area contributed by atoms with Gasteiger partial charge in [-0.25, -0.2) is 4.98 Å². The van der Waals surface area contributed by atoms with Crippen LogP contribution in [0.3, 0.4) is 0 Å². The third kappa shape index (κ3) is 3.94. The number of carbonyl (C=O) groups is 1. The average molecular weight is 512 g/mol. The number of rotatable bonds is 5. The first kappa shape index (κ1) is 23.2. The van der Waals surface area contributed by atoms with Crippen molar-refractivity contribution in [3.05, 3.63) is 102 Å². The number of hydrogen-bond donors (Lipinski definition) is 1. The van der Waals surface area contributed by atoms with Gasteiger partial charge in [-0.05, 0) is 41.0 Å². The molecular weight excluding hydrogens is 486 g/mol. The molecule has 4 heterocycles. The zero-order valence-electron chi connectivity index (χ0n) is 21.2. The molecular formula is C32H25N5O2. The third-order valence-corrected chi connectivity index (χ3v) is 7.50. The number of nitrogens with zero attached hydrogens (tertiary/aromatic N) is 4. The monoisotopic (exact) mass is 511 g/mol. The Labute approximate surface area is 225 Å². The van der Waals surface area contributed by atoms with E-state index in [4.69, 9.17) is 9.72 Å². The highest BCUT2D eigenvalue weighted by molar-refractivity contribution is 6.14. The van der Waals surface area contributed by atoms with Crippen LogP contribution in [0.2, 0.25) is 0 Å². The van der Waals surface area contributed by atoms with Gasteiger partial charge in [-0.2, -0.15) is 5.26 Å². The Morgan fingerprint density at radius 3 is 2.49 bits per heavy atom. The molecule has 3 aromatic carbocycles. The zero-order chi connectivity index (χ0) is 26.3. The Balaban J connectivity index is 1.31. The van der Waals surface area contributed by atoms with Gasteiger partial charge in [0.1, 0.15) is 29.7 Å². The number of nitriles is 1. The van der Waals surface area contributed by atoms with Gasteiger partial charge in [0, 0.05) is 37.8 Å². The minimum absolute atomic E-state index is 0.168. The fourth-order valence-corrected chi connectivity index (χ4v) is 5.51. The normalized spacial score (nSPS) is 14.2. The van der Waals surface area contributed by atoms with Crippen LogP contribution in [0.25, 0.3) is 33.4 Å². The minimum Gasteiger partial charge on any atom is -0.487 e. The lowest BCUT2D eigenvalue weighted by atomic mass is 10.0. The lowest BCUT2D eigenvalue weighted by Gasteiger charge is -2.30. The van der Waals surface area contributed by atoms with Crippen LogP contribution >= 0.6 is 0 Å². The van der Waals surface area contributed by atoms with E-state index in [9.17, 15) is 10.1 Å². The Hall–Kier alpha value is -4.93. The molecule has 2 aliphatic rings. The summed E-state index contributed by atoms with van der Waals surface area (Å²) in [5, 5.41) is 14.1. The fourth-order valence-electron chi connectivity index (χ4n) is 5.51. The van der Waals surface area contributed by atoms with Crippen molar-refractivity contribution in [2.45, 2.75) is 6.61 Å². The van der Waals surface area contributed by atoms with Crippen molar-refractivity contribution >= 4 is 22.5 Å². The maximum atomic E-state index is 13.5. The van der Waals surface area contributed by atoms with Gasteiger partial charge in [0.2, 0.25) is 0 Å². The van der Waals surface area contributed by atoms with Crippen molar-refractivity contribution in [1.82, 2.24) is 14.9 Å². The highest BCUT2D eigenvalue weighted by Gasteiger charge is 2.33. The van der Waals surface area contributed by atoms with Gasteiger partial charge in [-0.1, -0.05) is 54.6 Å². The van der Waals surface area contributed by atoms with E-state index in [1.54, 1.807) is 10.8 Å². The van der Waals surface area contributed by atoms with Gasteiger partial charge in [-0.15, -0.1) is 0 Å². The fraction of sp³-hybridized carbons (Fsp3) is 0.156. The second-order valence-corrected chi connectivity index (χ2v) is 9.82. The third-order valence-electron chi connectivity index (χ3n) is 7.50. The van der Waals surface area contributed by atoms with Crippen LogP contribution in [0.1, 0.15) is 21.5 Å². The Kier molecular flexibility index (Phi) is 5.61. The Morgan fingerprint density at radius 1 is 0.949 bits per heavy atom. The molecule has 1 fully saturated rings. The lowest BCUT2D eigenvalue weighted by molar-refractivity contribution is 0.0965. The molecule has 7 heteroatoms. The van der Waals surface area contributed by atoms with Crippen molar-refractivity contribution in [2.24, 2.45) is 0 Å². The van der Waals surface area contributed by atoms with E-state index >= 15 is 0 Å². The van der Waals surface area contributed by atoms with Crippen molar-refractivity contribution in [1.29, 1.82) is 5.26 Å². The predicted octanol–water partition coefficient (Wildman–Crippen LogP) is 5.23. The first-order chi connectivity index (χ1) is 19.2. The standard InChI is InChI=1S/C32H25N5O2/c33-19-24-17-25-26(18-28(24)36-15-12-34-13-16-36)35-30-27-7-4-14-37(27)32(38)29(30)31(25)39-20-21-8-10-23(11-9-21)22-5-2-1-3-6-22/h1-11,14,17-18,34H,12-13,15-16,20H2. The van der Waals surface area contributed by atoms with E-state index < -0.39 is 0 Å². The molecule has 0 radical (unpaired) electrons. The summed E-state index contributed by atoms with van der Waals surface area (Å²) in [5.74, 6) is 0.303. The second-order valence-electron chi connectivity index (χ2n) is 9.82. The average Bonchev–Trinajstić information content (AvgIpc) is 3.58. The van der Waals surface area contributed by atoms with E-state index in [1.165, 1.54) is 0 Å². The van der Waals surface area contributed by atoms with Gasteiger partial charge >= 0.3 is 0 Å². The van der Waals surface area contributed by atoms with Gasteiger partial charge in [0.05, 0.1) is 22.5 Å². The highest BCUT2D eigenvalue weighted by atomic mass is 16.5. The lowest BCUT2D eigenvalue weighted by Crippen LogP contribution is -2.43. The number of aromatic nitrogens is 2. The molecule has 1 N–H and O–H groups in total. The number of carbonyl (C=O) groups excluding carboxylic acids is 1. The van der Waals surface area contributed by atoms with E-state index in [0.29, 0.717) is 33.5 Å². The highest BCUT2D eigenvalue weighted by Crippen LogP contribution is 2.42. The maximum absolute atomic E-state index is 13.5. The van der Waals surface area contributed by atoms with Crippen LogP contribution in [-0.2, 0) is 6.61 Å². The number of anilines is 1. The molecule has 2 aromatic heterocycles. The summed E-state index contributed by atoms with van der Waals surface area (Å²) in [5.41, 5.74) is 7.19. The summed E-state index contributed by atoms with van der Waals surface area (Å²) < 4.78 is 8.05. The molecule has 0 spiro atoms. The summed E-state index contributed by atoms with van der Waals surface area (Å²) in [7, 11) is 0. The summed E-state index contributed by atoms with van der Waals surface area (Å²) in [6.45, 7) is 3.63. The quantitative estimate of drug-likeness (QED) is 0.341. The topological polar surface area (TPSA) is 83.2 Å². The van der Waals surface area contributed by atoms with Crippen LogP contribution in [0.5, 0.6) is 5.75 Å². The largest absolute Gasteiger partial charge is 0.487 e. The number of hydrogen-bond acceptors (Lipinski definition) is 6. The summed E-state index contributed by atoms with van der Waals surface area (Å²) in [6, 6.07) is 28.4. The summed E-state index contributed by atoms with van der Waals surface area (Å²) in [6.07, 6.45) is 1.75. The summed E-state index contributed by atoms with van der Waals surface area (Å²) >= 11 is 0. The van der Waals surface area contributed by atoms with Crippen LogP contribution in [0, 0.1) is 11.3 Å². The van der Waals surface area contributed by atoms with Crippen LogP contribution in [0.15, 0.2) is 85.1 Å². The smallest absolute Gasteiger partial charge is 0.268 e. The zero-order valence-corrected chi connectivity index (χ0v) is 21.2. The maximum Gasteiger partial charge on any atom is 0.268 e. The molecule has 39 heavy (non-hydrogen) atoms. The predicted molar refractivity (Wildman–Crippen MR) is 151 cm³/mol. The SMILES string of the molecule is N#Cc1cc2c(OCc3ccc(-c4ccccc4)cc3)c3c(nc2cc1N1CCNCC1)-c1cccn1C3=O. The van der Waals surface area contributed by atoms with Crippen molar-refractivity contribution in [3.63, 3.8) is 0 Å². The molecule has 7 nitrogen and oxygen atoms in total.